The van der Waals surface area contributed by atoms with Crippen LogP contribution in [0.25, 0.3) is 0 Å². The van der Waals surface area contributed by atoms with Crippen molar-refractivity contribution in [3.05, 3.63) is 71.1 Å². The summed E-state index contributed by atoms with van der Waals surface area (Å²) in [5.74, 6) is 0.499. The summed E-state index contributed by atoms with van der Waals surface area (Å²) in [6.07, 6.45) is 9.16. The quantitative estimate of drug-likeness (QED) is 0.529. The molecular formula is C26H36N2. The monoisotopic (exact) mass is 376 g/mol. The van der Waals surface area contributed by atoms with Crippen molar-refractivity contribution < 1.29 is 0 Å². The first kappa shape index (κ1) is 20.5. The smallest absolute Gasteiger partial charge is 0.112 e. The predicted molar refractivity (Wildman–Crippen MR) is 123 cm³/mol. The van der Waals surface area contributed by atoms with Gasteiger partial charge in [0.25, 0.3) is 0 Å². The lowest BCUT2D eigenvalue weighted by Crippen LogP contribution is -2.44. The van der Waals surface area contributed by atoms with Crippen molar-refractivity contribution in [1.29, 1.82) is 0 Å². The summed E-state index contributed by atoms with van der Waals surface area (Å²) in [6.45, 7) is 13.8. The number of rotatable bonds is 7. The van der Waals surface area contributed by atoms with E-state index in [-0.39, 0.29) is 0 Å². The van der Waals surface area contributed by atoms with Gasteiger partial charge in [0, 0.05) is 23.8 Å². The van der Waals surface area contributed by atoms with Gasteiger partial charge in [-0.25, -0.2) is 0 Å². The minimum absolute atomic E-state index is 0.302. The molecule has 2 heteroatoms. The topological polar surface area (TPSA) is 6.48 Å². The van der Waals surface area contributed by atoms with Crippen molar-refractivity contribution in [1.82, 2.24) is 0 Å². The second kappa shape index (κ2) is 8.86. The molecule has 0 spiro atoms. The first-order chi connectivity index (χ1) is 13.6. The SMILES string of the molecule is CCc1cccc(CC)c1N1C=CN(c2c(CC)cccc2CC)C1C(C)C. The van der Waals surface area contributed by atoms with Crippen molar-refractivity contribution in [3.8, 4) is 0 Å². The van der Waals surface area contributed by atoms with Crippen molar-refractivity contribution in [3.63, 3.8) is 0 Å². The van der Waals surface area contributed by atoms with Gasteiger partial charge >= 0.3 is 0 Å². The number of hydrogen-bond donors (Lipinski definition) is 0. The molecule has 150 valence electrons. The van der Waals surface area contributed by atoms with E-state index in [4.69, 9.17) is 0 Å². The van der Waals surface area contributed by atoms with Gasteiger partial charge in [0.2, 0.25) is 0 Å². The van der Waals surface area contributed by atoms with Crippen LogP contribution in [0.4, 0.5) is 11.4 Å². The lowest BCUT2D eigenvalue weighted by atomic mass is 9.98. The van der Waals surface area contributed by atoms with Gasteiger partial charge in [-0.2, -0.15) is 0 Å². The lowest BCUT2D eigenvalue weighted by molar-refractivity contribution is 0.498. The van der Waals surface area contributed by atoms with Crippen molar-refractivity contribution >= 4 is 11.4 Å². The fourth-order valence-corrected chi connectivity index (χ4v) is 4.60. The average molecular weight is 377 g/mol. The molecule has 0 saturated heterocycles. The van der Waals surface area contributed by atoms with E-state index in [0.29, 0.717) is 12.1 Å². The number of para-hydroxylation sites is 2. The predicted octanol–water partition coefficient (Wildman–Crippen LogP) is 6.72. The van der Waals surface area contributed by atoms with Gasteiger partial charge in [0.15, 0.2) is 0 Å². The average Bonchev–Trinajstić information content (AvgIpc) is 3.16. The molecule has 1 aliphatic heterocycles. The van der Waals surface area contributed by atoms with E-state index in [0.717, 1.165) is 25.7 Å². The third kappa shape index (κ3) is 3.57. The van der Waals surface area contributed by atoms with Crippen LogP contribution in [0, 0.1) is 5.92 Å². The number of nitrogens with zero attached hydrogens (tertiary/aromatic N) is 2. The van der Waals surface area contributed by atoms with Crippen LogP contribution in [0.1, 0.15) is 63.8 Å². The first-order valence-electron chi connectivity index (χ1n) is 11.0. The Bertz CT molecular complexity index is 724. The molecule has 0 saturated carbocycles. The molecule has 2 aromatic carbocycles. The molecule has 28 heavy (non-hydrogen) atoms. The fourth-order valence-electron chi connectivity index (χ4n) is 4.60. The van der Waals surface area contributed by atoms with Crippen LogP contribution >= 0.6 is 0 Å². The molecule has 0 N–H and O–H groups in total. The van der Waals surface area contributed by atoms with Crippen LogP contribution in [-0.2, 0) is 25.7 Å². The lowest BCUT2D eigenvalue weighted by Gasteiger charge is -2.39. The van der Waals surface area contributed by atoms with E-state index < -0.39 is 0 Å². The third-order valence-corrected chi connectivity index (χ3v) is 6.00. The molecular weight excluding hydrogens is 340 g/mol. The highest BCUT2D eigenvalue weighted by molar-refractivity contribution is 5.70. The maximum absolute atomic E-state index is 2.54. The van der Waals surface area contributed by atoms with E-state index in [2.05, 4.69) is 100 Å². The standard InChI is InChI=1S/C26H36N2/c1-7-20-13-11-14-21(8-2)24(20)27-17-18-28(26(27)19(5)6)25-22(9-3)15-12-16-23(25)10-4/h11-19,26H,7-10H2,1-6H3. The summed E-state index contributed by atoms with van der Waals surface area (Å²) in [4.78, 5) is 5.07. The van der Waals surface area contributed by atoms with E-state index in [9.17, 15) is 0 Å². The minimum atomic E-state index is 0.302. The molecule has 0 radical (unpaired) electrons. The third-order valence-electron chi connectivity index (χ3n) is 6.00. The molecule has 0 fully saturated rings. The highest BCUT2D eigenvalue weighted by Gasteiger charge is 2.34. The summed E-state index contributed by atoms with van der Waals surface area (Å²) < 4.78 is 0. The summed E-state index contributed by atoms with van der Waals surface area (Å²) in [5.41, 5.74) is 8.59. The second-order valence-electron chi connectivity index (χ2n) is 8.03. The molecule has 0 amide bonds. The number of benzene rings is 2. The molecule has 1 heterocycles. The first-order valence-corrected chi connectivity index (χ1v) is 11.0. The Balaban J connectivity index is 2.13. The molecule has 3 rings (SSSR count). The van der Waals surface area contributed by atoms with Gasteiger partial charge < -0.3 is 9.80 Å². The van der Waals surface area contributed by atoms with Crippen molar-refractivity contribution in [2.24, 2.45) is 5.92 Å². The van der Waals surface area contributed by atoms with Crippen LogP contribution in [0.15, 0.2) is 48.8 Å². The minimum Gasteiger partial charge on any atom is -0.325 e. The Labute approximate surface area is 171 Å². The van der Waals surface area contributed by atoms with Gasteiger partial charge in [0.05, 0.1) is 0 Å². The number of anilines is 2. The van der Waals surface area contributed by atoms with Gasteiger partial charge in [-0.3, -0.25) is 0 Å². The summed E-state index contributed by atoms with van der Waals surface area (Å²) in [6, 6.07) is 13.6. The molecule has 0 atom stereocenters. The van der Waals surface area contributed by atoms with Crippen molar-refractivity contribution in [2.45, 2.75) is 73.4 Å². The molecule has 2 nitrogen and oxygen atoms in total. The maximum Gasteiger partial charge on any atom is 0.112 e. The maximum atomic E-state index is 2.54. The summed E-state index contributed by atoms with van der Waals surface area (Å²) in [5, 5.41) is 0. The largest absolute Gasteiger partial charge is 0.325 e. The van der Waals surface area contributed by atoms with E-state index in [1.54, 1.807) is 0 Å². The Morgan fingerprint density at radius 3 is 1.21 bits per heavy atom. The summed E-state index contributed by atoms with van der Waals surface area (Å²) >= 11 is 0. The zero-order valence-corrected chi connectivity index (χ0v) is 18.5. The molecule has 0 bridgehead atoms. The highest BCUT2D eigenvalue weighted by atomic mass is 15.4. The van der Waals surface area contributed by atoms with Crippen LogP contribution in [0.3, 0.4) is 0 Å². The summed E-state index contributed by atoms with van der Waals surface area (Å²) in [7, 11) is 0. The van der Waals surface area contributed by atoms with Gasteiger partial charge in [-0.1, -0.05) is 77.9 Å². The van der Waals surface area contributed by atoms with Gasteiger partial charge in [0.1, 0.15) is 6.17 Å². The zero-order chi connectivity index (χ0) is 20.3. The Morgan fingerprint density at radius 1 is 0.643 bits per heavy atom. The normalized spacial score (nSPS) is 14.5. The van der Waals surface area contributed by atoms with E-state index in [1.165, 1.54) is 33.6 Å². The van der Waals surface area contributed by atoms with Crippen LogP contribution in [0.5, 0.6) is 0 Å². The Kier molecular flexibility index (Phi) is 6.49. The Morgan fingerprint density at radius 2 is 0.964 bits per heavy atom. The number of hydrogen-bond acceptors (Lipinski definition) is 2. The van der Waals surface area contributed by atoms with Crippen LogP contribution < -0.4 is 9.80 Å². The highest BCUT2D eigenvalue weighted by Crippen LogP contribution is 2.39. The fraction of sp³-hybridized carbons (Fsp3) is 0.462. The van der Waals surface area contributed by atoms with Gasteiger partial charge in [-0.15, -0.1) is 0 Å². The molecule has 0 aromatic heterocycles. The van der Waals surface area contributed by atoms with Crippen molar-refractivity contribution in [2.75, 3.05) is 9.80 Å². The molecule has 0 aliphatic carbocycles. The van der Waals surface area contributed by atoms with Gasteiger partial charge in [-0.05, 0) is 53.9 Å². The zero-order valence-electron chi connectivity index (χ0n) is 18.5. The van der Waals surface area contributed by atoms with Crippen LogP contribution in [-0.4, -0.2) is 6.17 Å². The molecule has 0 unspecified atom stereocenters. The number of aryl methyl sites for hydroxylation is 4. The second-order valence-corrected chi connectivity index (χ2v) is 8.03. The van der Waals surface area contributed by atoms with E-state index >= 15 is 0 Å². The molecule has 2 aromatic rings. The Hall–Kier alpha value is -2.22. The van der Waals surface area contributed by atoms with Crippen LogP contribution in [0.2, 0.25) is 0 Å². The van der Waals surface area contributed by atoms with E-state index in [1.807, 2.05) is 0 Å². The molecule has 1 aliphatic rings.